The molecule has 1 aliphatic rings. The minimum atomic E-state index is -5.12. The fourth-order valence-corrected chi connectivity index (χ4v) is 5.67. The van der Waals surface area contributed by atoms with Crippen molar-refractivity contribution in [1.82, 2.24) is 5.32 Å². The number of amides is 1. The van der Waals surface area contributed by atoms with Gasteiger partial charge < -0.3 is 40.3 Å². The predicted molar refractivity (Wildman–Crippen MR) is 191 cm³/mol. The zero-order chi connectivity index (χ0) is 37.2. The lowest BCUT2D eigenvalue weighted by molar-refractivity contribution is -0.298. The third-order valence-corrected chi connectivity index (χ3v) is 8.63. The highest BCUT2D eigenvalue weighted by Gasteiger charge is 2.48. The number of aliphatic hydroxyl groups excluding tert-OH is 5. The highest BCUT2D eigenvalue weighted by molar-refractivity contribution is 7.80. The maximum absolute atomic E-state index is 12.9. The highest BCUT2D eigenvalue weighted by atomic mass is 32.3. The molecule has 1 rings (SSSR count). The van der Waals surface area contributed by atoms with Crippen LogP contribution in [0.25, 0.3) is 0 Å². The third-order valence-electron chi connectivity index (χ3n) is 8.17. The molecule has 13 nitrogen and oxygen atoms in total. The Kier molecular flexibility index (Phi) is 25.5. The van der Waals surface area contributed by atoms with Gasteiger partial charge in [0, 0.05) is 0 Å². The summed E-state index contributed by atoms with van der Waals surface area (Å²) in [6.45, 7) is 3.01. The minimum Gasteiger partial charge on any atom is -0.394 e. The summed E-state index contributed by atoms with van der Waals surface area (Å²) in [5.74, 6) is -0.737. The Balaban J connectivity index is 2.82. The maximum atomic E-state index is 12.9. The maximum Gasteiger partial charge on any atom is 0.397 e. The first-order valence-electron chi connectivity index (χ1n) is 18.1. The molecule has 0 aromatic carbocycles. The Morgan fingerprint density at radius 1 is 0.800 bits per heavy atom. The fourth-order valence-electron chi connectivity index (χ4n) is 5.16. The van der Waals surface area contributed by atoms with Gasteiger partial charge in [0.25, 0.3) is 0 Å². The summed E-state index contributed by atoms with van der Waals surface area (Å²) in [7, 11) is -5.12. The van der Waals surface area contributed by atoms with Crippen LogP contribution in [0.1, 0.15) is 110 Å². The summed E-state index contributed by atoms with van der Waals surface area (Å²) in [4.78, 5) is 12.9. The van der Waals surface area contributed by atoms with E-state index in [2.05, 4.69) is 59.8 Å². The number of hydrogen-bond acceptors (Lipinski definition) is 11. The summed E-state index contributed by atoms with van der Waals surface area (Å²) in [5, 5.41) is 54.6. The largest absolute Gasteiger partial charge is 0.397 e. The molecule has 1 aliphatic heterocycles. The SMILES string of the molecule is CCCC/C=C\CCCCCC(O)C(=O)NC(COC1OC(CO)C(O)C(OS(=O)(=O)O)C1O)C(O)/C=C/CC/C=C/CC/C=C/CCCC. The second kappa shape index (κ2) is 27.6. The van der Waals surface area contributed by atoms with Crippen LogP contribution in [0.15, 0.2) is 48.6 Å². The van der Waals surface area contributed by atoms with Gasteiger partial charge in [-0.15, -0.1) is 0 Å². The van der Waals surface area contributed by atoms with Gasteiger partial charge in [-0.3, -0.25) is 9.35 Å². The topological polar surface area (TPSA) is 212 Å². The van der Waals surface area contributed by atoms with E-state index in [0.717, 1.165) is 64.2 Å². The van der Waals surface area contributed by atoms with Crippen molar-refractivity contribution in [3.63, 3.8) is 0 Å². The van der Waals surface area contributed by atoms with Crippen molar-refractivity contribution < 1.29 is 57.0 Å². The first-order chi connectivity index (χ1) is 23.9. The molecule has 0 radical (unpaired) electrons. The molecule has 1 heterocycles. The second-order valence-electron chi connectivity index (χ2n) is 12.6. The number of allylic oxidation sites excluding steroid dienone is 7. The van der Waals surface area contributed by atoms with Crippen molar-refractivity contribution in [2.24, 2.45) is 0 Å². The van der Waals surface area contributed by atoms with Crippen molar-refractivity contribution in [3.05, 3.63) is 48.6 Å². The molecule has 14 heteroatoms. The van der Waals surface area contributed by atoms with Gasteiger partial charge in [0.05, 0.1) is 25.4 Å². The Morgan fingerprint density at radius 2 is 1.34 bits per heavy atom. The van der Waals surface area contributed by atoms with Crippen molar-refractivity contribution in [2.75, 3.05) is 13.2 Å². The van der Waals surface area contributed by atoms with Crippen LogP contribution in [0.3, 0.4) is 0 Å². The van der Waals surface area contributed by atoms with Crippen molar-refractivity contribution >= 4 is 16.3 Å². The molecular formula is C36H63NO12S. The van der Waals surface area contributed by atoms with Gasteiger partial charge in [-0.05, 0) is 57.8 Å². The molecule has 1 fully saturated rings. The molecule has 1 amide bonds. The predicted octanol–water partition coefficient (Wildman–Crippen LogP) is 3.95. The van der Waals surface area contributed by atoms with Crippen LogP contribution in [0.5, 0.6) is 0 Å². The van der Waals surface area contributed by atoms with Crippen LogP contribution in [0, 0.1) is 0 Å². The van der Waals surface area contributed by atoms with E-state index in [1.807, 2.05) is 0 Å². The van der Waals surface area contributed by atoms with Crippen LogP contribution in [0.2, 0.25) is 0 Å². The normalized spacial score (nSPS) is 23.7. The molecule has 7 N–H and O–H groups in total. The number of rotatable bonds is 28. The van der Waals surface area contributed by atoms with Gasteiger partial charge in [0.2, 0.25) is 5.91 Å². The van der Waals surface area contributed by atoms with E-state index in [0.29, 0.717) is 12.8 Å². The number of hydrogen-bond donors (Lipinski definition) is 7. The number of unbranched alkanes of at least 4 members (excludes halogenated alkanes) is 9. The monoisotopic (exact) mass is 733 g/mol. The van der Waals surface area contributed by atoms with E-state index in [9.17, 15) is 38.7 Å². The molecule has 0 saturated carbocycles. The molecule has 0 aromatic rings. The summed E-state index contributed by atoms with van der Waals surface area (Å²) in [6.07, 6.45) is 18.1. The summed E-state index contributed by atoms with van der Waals surface area (Å²) < 4.78 is 47.1. The molecule has 290 valence electrons. The second-order valence-corrected chi connectivity index (χ2v) is 13.6. The molecular weight excluding hydrogens is 670 g/mol. The van der Waals surface area contributed by atoms with Crippen LogP contribution in [0.4, 0.5) is 0 Å². The number of nitrogens with one attached hydrogen (secondary N) is 1. The van der Waals surface area contributed by atoms with Gasteiger partial charge in [-0.1, -0.05) is 101 Å². The average Bonchev–Trinajstić information content (AvgIpc) is 3.08. The van der Waals surface area contributed by atoms with Crippen molar-refractivity contribution in [1.29, 1.82) is 0 Å². The van der Waals surface area contributed by atoms with Gasteiger partial charge >= 0.3 is 10.4 Å². The molecule has 1 saturated heterocycles. The number of ether oxygens (including phenoxy) is 2. The minimum absolute atomic E-state index is 0.209. The smallest absolute Gasteiger partial charge is 0.394 e. The van der Waals surface area contributed by atoms with Crippen molar-refractivity contribution in [3.8, 4) is 0 Å². The summed E-state index contributed by atoms with van der Waals surface area (Å²) >= 11 is 0. The van der Waals surface area contributed by atoms with Crippen molar-refractivity contribution in [2.45, 2.75) is 159 Å². The number of aliphatic hydroxyl groups is 5. The van der Waals surface area contributed by atoms with Gasteiger partial charge in [0.1, 0.15) is 30.5 Å². The quantitative estimate of drug-likeness (QED) is 0.0346. The Bertz CT molecular complexity index is 1110. The van der Waals surface area contributed by atoms with Gasteiger partial charge in [-0.2, -0.15) is 8.42 Å². The van der Waals surface area contributed by atoms with E-state index in [1.165, 1.54) is 18.9 Å². The molecule has 8 atom stereocenters. The molecule has 0 spiro atoms. The van der Waals surface area contributed by atoms with Crippen LogP contribution < -0.4 is 5.32 Å². The lowest BCUT2D eigenvalue weighted by Crippen LogP contribution is -2.61. The van der Waals surface area contributed by atoms with E-state index in [-0.39, 0.29) is 6.42 Å². The Hall–Kier alpha value is -1.98. The van der Waals surface area contributed by atoms with Gasteiger partial charge in [0.15, 0.2) is 6.29 Å². The highest BCUT2D eigenvalue weighted by Crippen LogP contribution is 2.26. The summed E-state index contributed by atoms with van der Waals surface area (Å²) in [5.41, 5.74) is 0. The van der Waals surface area contributed by atoms with E-state index in [4.69, 9.17) is 14.0 Å². The van der Waals surface area contributed by atoms with Crippen LogP contribution in [-0.4, -0.2) is 107 Å². The fraction of sp³-hybridized carbons (Fsp3) is 0.750. The van der Waals surface area contributed by atoms with Gasteiger partial charge in [-0.25, -0.2) is 4.18 Å². The zero-order valence-corrected chi connectivity index (χ0v) is 30.6. The lowest BCUT2D eigenvalue weighted by atomic mass is 9.99. The molecule has 0 aliphatic carbocycles. The molecule has 8 unspecified atom stereocenters. The van der Waals surface area contributed by atoms with Crippen LogP contribution >= 0.6 is 0 Å². The zero-order valence-electron chi connectivity index (χ0n) is 29.8. The first kappa shape index (κ1) is 46.0. The lowest BCUT2D eigenvalue weighted by Gasteiger charge is -2.41. The van der Waals surface area contributed by atoms with Crippen LogP contribution in [-0.2, 0) is 28.9 Å². The third kappa shape index (κ3) is 20.8. The molecule has 0 aromatic heterocycles. The molecule has 0 bridgehead atoms. The summed E-state index contributed by atoms with van der Waals surface area (Å²) in [6, 6.07) is -1.15. The average molecular weight is 734 g/mol. The Labute approximate surface area is 299 Å². The van der Waals surface area contributed by atoms with E-state index < -0.39 is 78.5 Å². The van der Waals surface area contributed by atoms with E-state index in [1.54, 1.807) is 6.08 Å². The first-order valence-corrected chi connectivity index (χ1v) is 19.5. The van der Waals surface area contributed by atoms with E-state index >= 15 is 0 Å². The standard InChI is InChI=1S/C36H63NO12S/c1-3-5-7-9-11-13-14-15-17-18-20-22-24-29(39)28(37-35(43)30(40)25-23-21-19-16-12-10-8-6-4-2)27-47-36-33(42)34(49-50(44,45)46)32(41)31(26-38)48-36/h9-12,15,17,22,24,28-34,36,38-42H,3-8,13-14,16,18-21,23,25-27H2,1-2H3,(H,37,43)(H,44,45,46)/b11-9+,12-10-,17-15+,24-22+. The Morgan fingerprint density at radius 3 is 1.88 bits per heavy atom. The number of carbonyl (C=O) groups excluding carboxylic acids is 1. The molecule has 50 heavy (non-hydrogen) atoms. The number of carbonyl (C=O) groups is 1.